The van der Waals surface area contributed by atoms with Crippen LogP contribution in [-0.4, -0.2) is 37.2 Å². The Hall–Kier alpha value is -0.480. The fourth-order valence-electron chi connectivity index (χ4n) is 2.57. The fourth-order valence-corrected chi connectivity index (χ4v) is 3.03. The van der Waals surface area contributed by atoms with Crippen molar-refractivity contribution in [3.63, 3.8) is 0 Å². The van der Waals surface area contributed by atoms with E-state index in [9.17, 15) is 0 Å². The van der Waals surface area contributed by atoms with E-state index in [4.69, 9.17) is 33.7 Å². The fraction of sp³-hybridized carbons (Fsp3) is 0.571. The molecule has 1 aromatic rings. The third kappa shape index (κ3) is 3.99. The summed E-state index contributed by atoms with van der Waals surface area (Å²) < 4.78 is 5.71. The number of halogens is 2. The van der Waals surface area contributed by atoms with E-state index in [0.717, 1.165) is 19.6 Å². The Morgan fingerprint density at radius 1 is 1.42 bits per heavy atom. The zero-order chi connectivity index (χ0) is 13.8. The molecule has 2 atom stereocenters. The first kappa shape index (κ1) is 14.9. The van der Waals surface area contributed by atoms with Gasteiger partial charge in [0.15, 0.2) is 0 Å². The van der Waals surface area contributed by atoms with Crippen molar-refractivity contribution >= 4 is 23.2 Å². The molecule has 1 fully saturated rings. The van der Waals surface area contributed by atoms with E-state index in [1.807, 2.05) is 0 Å². The van der Waals surface area contributed by atoms with Crippen LogP contribution in [0.4, 0.5) is 0 Å². The van der Waals surface area contributed by atoms with Gasteiger partial charge >= 0.3 is 0 Å². The topological polar surface area (TPSA) is 38.5 Å². The van der Waals surface area contributed by atoms with Gasteiger partial charge in [-0.25, -0.2) is 0 Å². The summed E-state index contributed by atoms with van der Waals surface area (Å²) in [6.07, 6.45) is 1.18. The van der Waals surface area contributed by atoms with Gasteiger partial charge < -0.3 is 10.5 Å². The molecule has 0 bridgehead atoms. The van der Waals surface area contributed by atoms with Crippen molar-refractivity contribution in [1.29, 1.82) is 0 Å². The lowest BCUT2D eigenvalue weighted by molar-refractivity contribution is 0.202. The monoisotopic (exact) mass is 302 g/mol. The van der Waals surface area contributed by atoms with Gasteiger partial charge in [0.05, 0.1) is 5.02 Å². The zero-order valence-corrected chi connectivity index (χ0v) is 12.6. The largest absolute Gasteiger partial charge is 0.491 e. The van der Waals surface area contributed by atoms with Crippen LogP contribution >= 0.6 is 23.2 Å². The van der Waals surface area contributed by atoms with Crippen molar-refractivity contribution in [2.45, 2.75) is 19.4 Å². The van der Waals surface area contributed by atoms with Gasteiger partial charge in [-0.05, 0) is 44.0 Å². The summed E-state index contributed by atoms with van der Waals surface area (Å²) in [6.45, 7) is 5.60. The van der Waals surface area contributed by atoms with Crippen molar-refractivity contribution in [2.24, 2.45) is 11.7 Å². The lowest BCUT2D eigenvalue weighted by Gasteiger charge is -2.21. The molecule has 0 radical (unpaired) electrons. The second-order valence-electron chi connectivity index (χ2n) is 5.10. The van der Waals surface area contributed by atoms with E-state index in [1.165, 1.54) is 6.42 Å². The number of hydrogen-bond donors (Lipinski definition) is 1. The molecule has 1 heterocycles. The highest BCUT2D eigenvalue weighted by molar-refractivity contribution is 6.35. The Labute approximate surface area is 124 Å². The first-order valence-corrected chi connectivity index (χ1v) is 7.37. The molecule has 1 aromatic carbocycles. The van der Waals surface area contributed by atoms with Crippen LogP contribution in [0.25, 0.3) is 0 Å². The minimum atomic E-state index is 0.557. The first-order valence-electron chi connectivity index (χ1n) is 6.62. The molecule has 1 saturated heterocycles. The Balaban J connectivity index is 1.80. The zero-order valence-electron chi connectivity index (χ0n) is 11.1. The minimum Gasteiger partial charge on any atom is -0.491 e. The van der Waals surface area contributed by atoms with E-state index in [0.29, 0.717) is 34.4 Å². The maximum absolute atomic E-state index is 6.06. The molecular weight excluding hydrogens is 283 g/mol. The maximum atomic E-state index is 6.06. The van der Waals surface area contributed by atoms with Gasteiger partial charge in [0, 0.05) is 24.2 Å². The lowest BCUT2D eigenvalue weighted by Crippen LogP contribution is -2.32. The van der Waals surface area contributed by atoms with E-state index >= 15 is 0 Å². The Morgan fingerprint density at radius 3 is 2.84 bits per heavy atom. The molecule has 1 aliphatic heterocycles. The predicted octanol–water partition coefficient (Wildman–Crippen LogP) is 3.04. The molecular formula is C14H20Cl2N2O. The van der Waals surface area contributed by atoms with Crippen LogP contribution in [-0.2, 0) is 0 Å². The highest BCUT2D eigenvalue weighted by atomic mass is 35.5. The molecule has 0 aromatic heterocycles. The molecule has 1 aliphatic rings. The summed E-state index contributed by atoms with van der Waals surface area (Å²) in [6, 6.07) is 5.87. The number of hydrogen-bond acceptors (Lipinski definition) is 3. The van der Waals surface area contributed by atoms with Gasteiger partial charge in [0.2, 0.25) is 0 Å². The number of ether oxygens (including phenoxy) is 1. The smallest absolute Gasteiger partial charge is 0.138 e. The lowest BCUT2D eigenvalue weighted by atomic mass is 10.1. The standard InChI is InChI=1S/C14H20Cl2N2O/c1-10-6-11(8-17)9-18(10)4-5-19-14-3-2-12(15)7-13(14)16/h2-3,7,10-11H,4-6,8-9,17H2,1H3. The molecule has 2 unspecified atom stereocenters. The van der Waals surface area contributed by atoms with Crippen LogP contribution in [0.1, 0.15) is 13.3 Å². The van der Waals surface area contributed by atoms with Gasteiger partial charge in [0.25, 0.3) is 0 Å². The minimum absolute atomic E-state index is 0.557. The van der Waals surface area contributed by atoms with Gasteiger partial charge in [-0.3, -0.25) is 4.90 Å². The van der Waals surface area contributed by atoms with Crippen LogP contribution in [0.15, 0.2) is 18.2 Å². The molecule has 2 rings (SSSR count). The molecule has 19 heavy (non-hydrogen) atoms. The summed E-state index contributed by atoms with van der Waals surface area (Å²) in [4.78, 5) is 2.42. The van der Waals surface area contributed by atoms with E-state index in [2.05, 4.69) is 11.8 Å². The van der Waals surface area contributed by atoms with Crippen molar-refractivity contribution in [2.75, 3.05) is 26.2 Å². The molecule has 106 valence electrons. The summed E-state index contributed by atoms with van der Waals surface area (Å²) >= 11 is 11.9. The van der Waals surface area contributed by atoms with Crippen LogP contribution in [0.2, 0.25) is 10.0 Å². The molecule has 2 N–H and O–H groups in total. The van der Waals surface area contributed by atoms with Crippen LogP contribution in [0.3, 0.4) is 0 Å². The van der Waals surface area contributed by atoms with Crippen molar-refractivity contribution in [3.05, 3.63) is 28.2 Å². The van der Waals surface area contributed by atoms with E-state index in [1.54, 1.807) is 18.2 Å². The molecule has 0 amide bonds. The summed E-state index contributed by atoms with van der Waals surface area (Å²) in [7, 11) is 0. The van der Waals surface area contributed by atoms with E-state index in [-0.39, 0.29) is 0 Å². The predicted molar refractivity (Wildman–Crippen MR) is 80.2 cm³/mol. The molecule has 0 saturated carbocycles. The third-order valence-corrected chi connectivity index (χ3v) is 4.18. The highest BCUT2D eigenvalue weighted by Crippen LogP contribution is 2.27. The van der Waals surface area contributed by atoms with Crippen molar-refractivity contribution in [1.82, 2.24) is 4.90 Å². The van der Waals surface area contributed by atoms with Crippen LogP contribution in [0, 0.1) is 5.92 Å². The van der Waals surface area contributed by atoms with Crippen molar-refractivity contribution in [3.8, 4) is 5.75 Å². The molecule has 5 heteroatoms. The van der Waals surface area contributed by atoms with Gasteiger partial charge in [-0.15, -0.1) is 0 Å². The second-order valence-corrected chi connectivity index (χ2v) is 5.95. The summed E-state index contributed by atoms with van der Waals surface area (Å²) in [5.41, 5.74) is 5.72. The number of likely N-dealkylation sites (tertiary alicyclic amines) is 1. The van der Waals surface area contributed by atoms with Crippen LogP contribution in [0.5, 0.6) is 5.75 Å². The molecule has 3 nitrogen and oxygen atoms in total. The Kier molecular flexibility index (Phi) is 5.34. The molecule has 0 aliphatic carbocycles. The summed E-state index contributed by atoms with van der Waals surface area (Å²) in [5, 5.41) is 1.18. The first-order chi connectivity index (χ1) is 9.10. The van der Waals surface area contributed by atoms with Crippen LogP contribution < -0.4 is 10.5 Å². The third-order valence-electron chi connectivity index (χ3n) is 3.65. The average molecular weight is 303 g/mol. The van der Waals surface area contributed by atoms with Gasteiger partial charge in [-0.2, -0.15) is 0 Å². The van der Waals surface area contributed by atoms with E-state index < -0.39 is 0 Å². The Morgan fingerprint density at radius 2 is 2.21 bits per heavy atom. The second kappa shape index (κ2) is 6.80. The van der Waals surface area contributed by atoms with Crippen molar-refractivity contribution < 1.29 is 4.74 Å². The number of rotatable bonds is 5. The quantitative estimate of drug-likeness (QED) is 0.908. The average Bonchev–Trinajstić information content (AvgIpc) is 2.73. The van der Waals surface area contributed by atoms with Gasteiger partial charge in [-0.1, -0.05) is 23.2 Å². The molecule has 0 spiro atoms. The normalized spacial score (nSPS) is 23.8. The highest BCUT2D eigenvalue weighted by Gasteiger charge is 2.27. The Bertz CT molecular complexity index is 428. The summed E-state index contributed by atoms with van der Waals surface area (Å²) in [5.74, 6) is 1.31. The maximum Gasteiger partial charge on any atom is 0.138 e. The SMILES string of the molecule is CC1CC(CN)CN1CCOc1ccc(Cl)cc1Cl. The van der Waals surface area contributed by atoms with Gasteiger partial charge in [0.1, 0.15) is 12.4 Å². The number of benzene rings is 1. The number of nitrogens with zero attached hydrogens (tertiary/aromatic N) is 1. The number of nitrogens with two attached hydrogens (primary N) is 1.